The Hall–Kier alpha value is 0.980. The first kappa shape index (κ1) is 33.2. The zero-order valence-electron chi connectivity index (χ0n) is 21.2. The van der Waals surface area contributed by atoms with E-state index in [4.69, 9.17) is 11.6 Å². The largest absolute Gasteiger partial charge is 1.00 e. The molecule has 3 heteroatoms. The summed E-state index contributed by atoms with van der Waals surface area (Å²) in [6.45, 7) is 8.41. The lowest BCUT2D eigenvalue weighted by molar-refractivity contribution is -0.907. The summed E-state index contributed by atoms with van der Waals surface area (Å²) in [6, 6.07) is 0. The van der Waals surface area contributed by atoms with Gasteiger partial charge in [0, 0.05) is 0 Å². The quantitative estimate of drug-likeness (QED) is 0.0549. The zero-order chi connectivity index (χ0) is 21.5. The van der Waals surface area contributed by atoms with Gasteiger partial charge in [0.25, 0.3) is 0 Å². The predicted octanol–water partition coefficient (Wildman–Crippen LogP) is 6.52. The van der Waals surface area contributed by atoms with Gasteiger partial charge in [0.1, 0.15) is 0 Å². The van der Waals surface area contributed by atoms with E-state index in [0.29, 0.717) is 0 Å². The second kappa shape index (κ2) is 26.2. The summed E-state index contributed by atoms with van der Waals surface area (Å²) < 4.78 is 1.21. The average Bonchev–Trinajstić information content (AvgIpc) is 2.71. The molecule has 0 aromatic carbocycles. The Balaban J connectivity index is 0. The van der Waals surface area contributed by atoms with Gasteiger partial charge in [-0.15, -0.1) is 11.6 Å². The Kier molecular flexibility index (Phi) is 29.0. The molecule has 30 heavy (non-hydrogen) atoms. The monoisotopic (exact) mass is 557 g/mol. The van der Waals surface area contributed by atoms with Gasteiger partial charge in [-0.2, -0.15) is 0 Å². The first-order valence-corrected chi connectivity index (χ1v) is 14.1. The third kappa shape index (κ3) is 23.6. The Morgan fingerprint density at radius 1 is 0.433 bits per heavy atom. The van der Waals surface area contributed by atoms with Gasteiger partial charge in [-0.3, -0.25) is 0 Å². The number of quaternary nitrogens is 1. The topological polar surface area (TPSA) is 0 Å². The molecule has 0 aliphatic carbocycles. The number of nitrogens with zero attached hydrogens (tertiary/aromatic N) is 1. The summed E-state index contributed by atoms with van der Waals surface area (Å²) in [5, 5.41) is 0. The second-order valence-electron chi connectivity index (χ2n) is 9.84. The van der Waals surface area contributed by atoms with Gasteiger partial charge in [0.15, 0.2) is 0 Å². The molecular weight excluding hydrogens is 501 g/mol. The van der Waals surface area contributed by atoms with E-state index >= 15 is 0 Å². The van der Waals surface area contributed by atoms with Crippen LogP contribution in [0.25, 0.3) is 0 Å². The maximum Gasteiger partial charge on any atom is 0.0922 e. The van der Waals surface area contributed by atoms with Crippen LogP contribution in [0, 0.1) is 0 Å². The minimum Gasteiger partial charge on any atom is -1.00 e. The van der Waals surface area contributed by atoms with Crippen molar-refractivity contribution in [2.24, 2.45) is 0 Å². The van der Waals surface area contributed by atoms with Crippen LogP contribution in [0.4, 0.5) is 0 Å². The summed E-state index contributed by atoms with van der Waals surface area (Å²) in [7, 11) is 2.45. The van der Waals surface area contributed by atoms with Gasteiger partial charge >= 0.3 is 0 Å². The molecule has 0 spiro atoms. The first-order valence-electron chi connectivity index (χ1n) is 13.6. The van der Waals surface area contributed by atoms with Gasteiger partial charge in [-0.05, 0) is 25.7 Å². The van der Waals surface area contributed by atoms with E-state index in [-0.39, 0.29) is 24.0 Å². The minimum absolute atomic E-state index is 0. The molecule has 0 rings (SSSR count). The van der Waals surface area contributed by atoms with E-state index in [9.17, 15) is 0 Å². The van der Waals surface area contributed by atoms with Gasteiger partial charge in [-0.1, -0.05) is 117 Å². The molecule has 0 aliphatic heterocycles. The SMILES string of the molecule is CCCCCCCCCCCC[N+](C)(CCCl)CCCCCCCCCCCC.[I-]. The van der Waals surface area contributed by atoms with Crippen LogP contribution in [0.15, 0.2) is 0 Å². The fraction of sp³-hybridized carbons (Fsp3) is 1.00. The molecule has 0 unspecified atom stereocenters. The van der Waals surface area contributed by atoms with Crippen LogP contribution in [0.1, 0.15) is 142 Å². The molecule has 0 heterocycles. The number of rotatable bonds is 24. The molecule has 0 aromatic rings. The van der Waals surface area contributed by atoms with Crippen molar-refractivity contribution in [1.82, 2.24) is 0 Å². The van der Waals surface area contributed by atoms with Crippen LogP contribution in [-0.2, 0) is 0 Å². The van der Waals surface area contributed by atoms with E-state index in [2.05, 4.69) is 20.9 Å². The van der Waals surface area contributed by atoms with Crippen molar-refractivity contribution in [1.29, 1.82) is 0 Å². The van der Waals surface area contributed by atoms with E-state index < -0.39 is 0 Å². The van der Waals surface area contributed by atoms with Crippen molar-refractivity contribution >= 4 is 11.6 Å². The molecule has 0 N–H and O–H groups in total. The van der Waals surface area contributed by atoms with E-state index in [1.54, 1.807) is 0 Å². The lowest BCUT2D eigenvalue weighted by Gasteiger charge is -2.34. The smallest absolute Gasteiger partial charge is 0.0922 e. The summed E-state index contributed by atoms with van der Waals surface area (Å²) in [5.74, 6) is 0.812. The highest BCUT2D eigenvalue weighted by molar-refractivity contribution is 6.17. The number of alkyl halides is 1. The molecule has 1 nitrogen and oxygen atoms in total. The summed E-state index contributed by atoms with van der Waals surface area (Å²) >= 11 is 6.14. The fourth-order valence-corrected chi connectivity index (χ4v) is 4.91. The predicted molar refractivity (Wildman–Crippen MR) is 135 cm³/mol. The third-order valence-electron chi connectivity index (χ3n) is 6.73. The van der Waals surface area contributed by atoms with Crippen LogP contribution < -0.4 is 24.0 Å². The maximum atomic E-state index is 6.14. The van der Waals surface area contributed by atoms with Gasteiger partial charge in [-0.25, -0.2) is 0 Å². The van der Waals surface area contributed by atoms with Crippen LogP contribution in [-0.4, -0.2) is 37.0 Å². The van der Waals surface area contributed by atoms with Crippen molar-refractivity contribution < 1.29 is 28.5 Å². The van der Waals surface area contributed by atoms with E-state index in [0.717, 1.165) is 12.4 Å². The van der Waals surface area contributed by atoms with Gasteiger partial charge in [0.2, 0.25) is 0 Å². The van der Waals surface area contributed by atoms with Gasteiger partial charge in [0.05, 0.1) is 32.6 Å². The lowest BCUT2D eigenvalue weighted by atomic mass is 10.1. The molecule has 0 amide bonds. The third-order valence-corrected chi connectivity index (χ3v) is 6.90. The Bertz CT molecular complexity index is 287. The van der Waals surface area contributed by atoms with Gasteiger partial charge < -0.3 is 28.5 Å². The van der Waals surface area contributed by atoms with Crippen LogP contribution in [0.2, 0.25) is 0 Å². The number of halogens is 2. The highest BCUT2D eigenvalue weighted by Gasteiger charge is 2.19. The van der Waals surface area contributed by atoms with Crippen molar-refractivity contribution in [3.8, 4) is 0 Å². The van der Waals surface area contributed by atoms with Crippen LogP contribution in [0.3, 0.4) is 0 Å². The Morgan fingerprint density at radius 2 is 0.700 bits per heavy atom. The van der Waals surface area contributed by atoms with Crippen molar-refractivity contribution in [2.75, 3.05) is 32.6 Å². The summed E-state index contributed by atoms with van der Waals surface area (Å²) in [4.78, 5) is 0. The van der Waals surface area contributed by atoms with Crippen molar-refractivity contribution in [3.05, 3.63) is 0 Å². The average molecular weight is 558 g/mol. The minimum atomic E-state index is 0. The fourth-order valence-electron chi connectivity index (χ4n) is 4.50. The highest BCUT2D eigenvalue weighted by atomic mass is 127. The van der Waals surface area contributed by atoms with Crippen LogP contribution >= 0.6 is 11.6 Å². The number of hydrogen-bond acceptors (Lipinski definition) is 0. The molecule has 0 radical (unpaired) electrons. The molecular formula is C27H57ClIN. The molecule has 0 fully saturated rings. The van der Waals surface area contributed by atoms with Crippen molar-refractivity contribution in [2.45, 2.75) is 142 Å². The highest BCUT2D eigenvalue weighted by Crippen LogP contribution is 2.15. The molecule has 0 aromatic heterocycles. The number of unbranched alkanes of at least 4 members (excludes halogenated alkanes) is 18. The van der Waals surface area contributed by atoms with Crippen LogP contribution in [0.5, 0.6) is 0 Å². The molecule has 0 aliphatic rings. The molecule has 184 valence electrons. The van der Waals surface area contributed by atoms with E-state index in [1.807, 2.05) is 0 Å². The molecule has 0 saturated heterocycles. The standard InChI is InChI=1S/C27H57ClN.HI/c1-4-6-8-10-12-14-16-18-20-22-25-29(3,27-24-28)26-23-21-19-17-15-13-11-9-7-5-2;/h4-27H2,1-3H3;1H/q+1;/p-1. The zero-order valence-corrected chi connectivity index (χ0v) is 24.1. The Morgan fingerprint density at radius 3 is 0.967 bits per heavy atom. The number of hydrogen-bond donors (Lipinski definition) is 0. The molecule has 0 atom stereocenters. The maximum absolute atomic E-state index is 6.14. The first-order chi connectivity index (χ1) is 14.2. The van der Waals surface area contributed by atoms with Crippen molar-refractivity contribution in [3.63, 3.8) is 0 Å². The molecule has 0 bridgehead atoms. The normalized spacial score (nSPS) is 11.6. The summed E-state index contributed by atoms with van der Waals surface area (Å²) in [6.07, 6.45) is 28.6. The summed E-state index contributed by atoms with van der Waals surface area (Å²) in [5.41, 5.74) is 0. The molecule has 0 saturated carbocycles. The lowest BCUT2D eigenvalue weighted by Crippen LogP contribution is -3.00. The second-order valence-corrected chi connectivity index (χ2v) is 10.2. The Labute approximate surface area is 214 Å². The van der Waals surface area contributed by atoms with E-state index in [1.165, 1.54) is 146 Å².